The highest BCUT2D eigenvalue weighted by Crippen LogP contribution is 2.11. The Morgan fingerprint density at radius 2 is 1.38 bits per heavy atom. The van der Waals surface area contributed by atoms with E-state index in [4.69, 9.17) is 0 Å². The molecule has 0 N–H and O–H groups in total. The highest BCUT2D eigenvalue weighted by molar-refractivity contribution is 7.89. The lowest BCUT2D eigenvalue weighted by atomic mass is 10.1. The Morgan fingerprint density at radius 1 is 0.857 bits per heavy atom. The molecule has 0 saturated heterocycles. The van der Waals surface area contributed by atoms with E-state index in [1.54, 1.807) is 11.2 Å². The summed E-state index contributed by atoms with van der Waals surface area (Å²) in [7, 11) is -3.20. The van der Waals surface area contributed by atoms with Crippen molar-refractivity contribution in [1.82, 2.24) is 4.31 Å². The zero-order valence-corrected chi connectivity index (χ0v) is 13.1. The third-order valence-electron chi connectivity index (χ3n) is 3.45. The number of hydrogen-bond donors (Lipinski definition) is 0. The fourth-order valence-corrected chi connectivity index (χ4v) is 3.26. The molecular formula is C17H21NO2S. The Balaban J connectivity index is 2.10. The highest BCUT2D eigenvalue weighted by Gasteiger charge is 2.19. The van der Waals surface area contributed by atoms with Gasteiger partial charge < -0.3 is 0 Å². The number of sulfonamides is 1. The van der Waals surface area contributed by atoms with E-state index < -0.39 is 10.0 Å². The van der Waals surface area contributed by atoms with Crippen LogP contribution in [0.1, 0.15) is 18.1 Å². The summed E-state index contributed by atoms with van der Waals surface area (Å²) in [6.07, 6.45) is 0.729. The lowest BCUT2D eigenvalue weighted by molar-refractivity contribution is 0.410. The average molecular weight is 303 g/mol. The summed E-state index contributed by atoms with van der Waals surface area (Å²) in [4.78, 5) is 0. The van der Waals surface area contributed by atoms with E-state index in [1.165, 1.54) is 0 Å². The van der Waals surface area contributed by atoms with E-state index in [2.05, 4.69) is 0 Å². The zero-order valence-electron chi connectivity index (χ0n) is 12.3. The molecule has 0 fully saturated rings. The summed E-state index contributed by atoms with van der Waals surface area (Å²) in [5.41, 5.74) is 2.17. The second-order valence-electron chi connectivity index (χ2n) is 4.96. The van der Waals surface area contributed by atoms with Crippen LogP contribution in [0.3, 0.4) is 0 Å². The van der Waals surface area contributed by atoms with Crippen molar-refractivity contribution >= 4 is 10.0 Å². The molecule has 0 heterocycles. The molecule has 2 rings (SSSR count). The van der Waals surface area contributed by atoms with Crippen LogP contribution in [-0.2, 0) is 23.0 Å². The smallest absolute Gasteiger partial charge is 0.212 e. The molecular weight excluding hydrogens is 282 g/mol. The van der Waals surface area contributed by atoms with Crippen LogP contribution in [0.2, 0.25) is 0 Å². The van der Waals surface area contributed by atoms with Crippen LogP contribution in [0.5, 0.6) is 0 Å². The molecule has 21 heavy (non-hydrogen) atoms. The Labute approximate surface area is 127 Å². The Morgan fingerprint density at radius 3 is 1.90 bits per heavy atom. The fourth-order valence-electron chi connectivity index (χ4n) is 2.18. The lowest BCUT2D eigenvalue weighted by Crippen LogP contribution is -2.33. The first-order valence-electron chi connectivity index (χ1n) is 7.17. The molecule has 0 radical (unpaired) electrons. The van der Waals surface area contributed by atoms with E-state index in [-0.39, 0.29) is 5.75 Å². The molecule has 112 valence electrons. The van der Waals surface area contributed by atoms with Crippen LogP contribution in [0.25, 0.3) is 0 Å². The topological polar surface area (TPSA) is 37.4 Å². The zero-order chi connectivity index (χ0) is 15.1. The summed E-state index contributed by atoms with van der Waals surface area (Å²) < 4.78 is 26.1. The summed E-state index contributed by atoms with van der Waals surface area (Å²) in [5.74, 6) is 0.134. The molecule has 0 aromatic heterocycles. The van der Waals surface area contributed by atoms with Crippen molar-refractivity contribution < 1.29 is 8.42 Å². The van der Waals surface area contributed by atoms with Crippen molar-refractivity contribution in [2.75, 3.05) is 12.3 Å². The van der Waals surface area contributed by atoms with Gasteiger partial charge in [0.05, 0.1) is 5.75 Å². The third-order valence-corrected chi connectivity index (χ3v) is 5.28. The Kier molecular flexibility index (Phi) is 5.53. The predicted octanol–water partition coefficient (Wildman–Crippen LogP) is 3.08. The number of rotatable bonds is 7. The average Bonchev–Trinajstić information content (AvgIpc) is 2.53. The molecule has 0 aliphatic rings. The SMILES string of the molecule is CCS(=O)(=O)N(CCc1ccccc1)Cc1ccccc1. The first kappa shape index (κ1) is 15.7. The van der Waals surface area contributed by atoms with Crippen LogP contribution >= 0.6 is 0 Å². The molecule has 2 aromatic carbocycles. The van der Waals surface area contributed by atoms with Crippen molar-refractivity contribution in [1.29, 1.82) is 0 Å². The molecule has 0 aliphatic carbocycles. The lowest BCUT2D eigenvalue weighted by Gasteiger charge is -2.21. The van der Waals surface area contributed by atoms with Crippen molar-refractivity contribution in [3.63, 3.8) is 0 Å². The molecule has 2 aromatic rings. The molecule has 0 aliphatic heterocycles. The monoisotopic (exact) mass is 303 g/mol. The van der Waals surface area contributed by atoms with Gasteiger partial charge in [0.2, 0.25) is 10.0 Å². The van der Waals surface area contributed by atoms with Gasteiger partial charge in [-0.25, -0.2) is 8.42 Å². The largest absolute Gasteiger partial charge is 0.214 e. The van der Waals surface area contributed by atoms with Crippen LogP contribution in [0, 0.1) is 0 Å². The van der Waals surface area contributed by atoms with Crippen LogP contribution in [0.15, 0.2) is 60.7 Å². The first-order valence-corrected chi connectivity index (χ1v) is 8.78. The van der Waals surface area contributed by atoms with Crippen molar-refractivity contribution in [3.05, 3.63) is 71.8 Å². The van der Waals surface area contributed by atoms with Gasteiger partial charge in [0, 0.05) is 13.1 Å². The van der Waals surface area contributed by atoms with E-state index >= 15 is 0 Å². The third kappa shape index (κ3) is 4.69. The van der Waals surface area contributed by atoms with Gasteiger partial charge in [-0.05, 0) is 24.5 Å². The minimum Gasteiger partial charge on any atom is -0.212 e. The van der Waals surface area contributed by atoms with Gasteiger partial charge in [0.25, 0.3) is 0 Å². The van der Waals surface area contributed by atoms with E-state index in [1.807, 2.05) is 60.7 Å². The van der Waals surface area contributed by atoms with Crippen LogP contribution < -0.4 is 0 Å². The van der Waals surface area contributed by atoms with Gasteiger partial charge >= 0.3 is 0 Å². The first-order chi connectivity index (χ1) is 10.1. The van der Waals surface area contributed by atoms with Crippen LogP contribution in [-0.4, -0.2) is 25.0 Å². The second kappa shape index (κ2) is 7.38. The molecule has 0 saturated carbocycles. The maximum Gasteiger partial charge on any atom is 0.214 e. The highest BCUT2D eigenvalue weighted by atomic mass is 32.2. The summed E-state index contributed by atoms with van der Waals surface area (Å²) in [6.45, 7) is 2.63. The molecule has 0 unspecified atom stereocenters. The second-order valence-corrected chi connectivity index (χ2v) is 7.21. The molecule has 3 nitrogen and oxygen atoms in total. The van der Waals surface area contributed by atoms with E-state index in [0.717, 1.165) is 17.5 Å². The van der Waals surface area contributed by atoms with Gasteiger partial charge in [0.1, 0.15) is 0 Å². The predicted molar refractivity (Wildman–Crippen MR) is 86.5 cm³/mol. The minimum atomic E-state index is -3.20. The van der Waals surface area contributed by atoms with Crippen molar-refractivity contribution in [2.45, 2.75) is 19.9 Å². The number of nitrogens with zero attached hydrogens (tertiary/aromatic N) is 1. The van der Waals surface area contributed by atoms with Gasteiger partial charge in [-0.1, -0.05) is 60.7 Å². The fraction of sp³-hybridized carbons (Fsp3) is 0.294. The van der Waals surface area contributed by atoms with E-state index in [9.17, 15) is 8.42 Å². The standard InChI is InChI=1S/C17H21NO2S/c1-2-21(19,20)18(15-17-11-7-4-8-12-17)14-13-16-9-5-3-6-10-16/h3-12H,2,13-15H2,1H3. The molecule has 4 heteroatoms. The molecule has 0 spiro atoms. The molecule has 0 atom stereocenters. The number of benzene rings is 2. The summed E-state index contributed by atoms with van der Waals surface area (Å²) in [6, 6.07) is 19.7. The van der Waals surface area contributed by atoms with E-state index in [0.29, 0.717) is 13.1 Å². The van der Waals surface area contributed by atoms with Gasteiger partial charge in [-0.3, -0.25) is 0 Å². The minimum absolute atomic E-state index is 0.134. The maximum absolute atomic E-state index is 12.3. The van der Waals surface area contributed by atoms with Gasteiger partial charge in [-0.2, -0.15) is 4.31 Å². The number of hydrogen-bond acceptors (Lipinski definition) is 2. The normalized spacial score (nSPS) is 11.7. The maximum atomic E-state index is 12.3. The Hall–Kier alpha value is -1.65. The van der Waals surface area contributed by atoms with Crippen LogP contribution in [0.4, 0.5) is 0 Å². The van der Waals surface area contributed by atoms with Gasteiger partial charge in [0.15, 0.2) is 0 Å². The van der Waals surface area contributed by atoms with Crippen molar-refractivity contribution in [2.24, 2.45) is 0 Å². The quantitative estimate of drug-likeness (QED) is 0.788. The summed E-state index contributed by atoms with van der Waals surface area (Å²) in [5, 5.41) is 0. The van der Waals surface area contributed by atoms with Gasteiger partial charge in [-0.15, -0.1) is 0 Å². The Bertz CT molecular complexity index is 639. The van der Waals surface area contributed by atoms with Crippen molar-refractivity contribution in [3.8, 4) is 0 Å². The molecule has 0 amide bonds. The summed E-state index contributed by atoms with van der Waals surface area (Å²) >= 11 is 0. The molecule has 0 bridgehead atoms.